The lowest BCUT2D eigenvalue weighted by Gasteiger charge is -2.19. The molecule has 0 N–H and O–H groups in total. The van der Waals surface area contributed by atoms with Crippen LogP contribution in [-0.2, 0) is 9.53 Å². The third kappa shape index (κ3) is 9.03. The molecule has 0 radical (unpaired) electrons. The summed E-state index contributed by atoms with van der Waals surface area (Å²) in [6, 6.07) is 0. The molecule has 0 saturated carbocycles. The molecule has 0 aliphatic carbocycles. The molecule has 0 rings (SSSR count). The molecule has 0 saturated heterocycles. The van der Waals surface area contributed by atoms with Crippen molar-refractivity contribution in [2.45, 2.75) is 52.9 Å². The number of hydrogen-bond acceptors (Lipinski definition) is 2. The van der Waals surface area contributed by atoms with E-state index < -0.39 is 0 Å². The number of hydrogen-bond donors (Lipinski definition) is 0. The lowest BCUT2D eigenvalue weighted by atomic mass is 9.88. The molecule has 0 aliphatic rings. The van der Waals surface area contributed by atoms with E-state index in [1.165, 1.54) is 18.9 Å². The number of allylic oxidation sites excluding steroid dienone is 2. The summed E-state index contributed by atoms with van der Waals surface area (Å²) in [5.41, 5.74) is 1.27. The Morgan fingerprint density at radius 2 is 1.89 bits per heavy atom. The quantitative estimate of drug-likeness (QED) is 0.422. The Hall–Kier alpha value is -1.05. The molecular weight excluding hydrogens is 224 g/mol. The molecule has 2 nitrogen and oxygen atoms in total. The van der Waals surface area contributed by atoms with Crippen LogP contribution in [0.15, 0.2) is 24.8 Å². The summed E-state index contributed by atoms with van der Waals surface area (Å²) in [7, 11) is 0. The van der Waals surface area contributed by atoms with Crippen molar-refractivity contribution in [1.29, 1.82) is 0 Å². The van der Waals surface area contributed by atoms with Crippen LogP contribution in [0.25, 0.3) is 0 Å². The van der Waals surface area contributed by atoms with Gasteiger partial charge < -0.3 is 4.74 Å². The van der Waals surface area contributed by atoms with E-state index in [2.05, 4.69) is 27.0 Å². The average molecular weight is 252 g/mol. The van der Waals surface area contributed by atoms with Crippen molar-refractivity contribution in [3.63, 3.8) is 0 Å². The summed E-state index contributed by atoms with van der Waals surface area (Å²) in [6.45, 7) is 14.2. The minimum Gasteiger partial charge on any atom is -0.466 e. The molecule has 0 aromatic heterocycles. The zero-order chi connectivity index (χ0) is 14.0. The maximum absolute atomic E-state index is 10.7. The SMILES string of the molecule is C=CCC[C@@H](CCC(C)CCOC(C)=O)C(=C)C. The van der Waals surface area contributed by atoms with E-state index in [1.54, 1.807) is 0 Å². The third-order valence-electron chi connectivity index (χ3n) is 3.34. The molecule has 0 aliphatic heterocycles. The monoisotopic (exact) mass is 252 g/mol. The van der Waals surface area contributed by atoms with Crippen LogP contribution in [0.3, 0.4) is 0 Å². The van der Waals surface area contributed by atoms with Gasteiger partial charge in [-0.1, -0.05) is 31.6 Å². The van der Waals surface area contributed by atoms with Crippen LogP contribution in [0.2, 0.25) is 0 Å². The lowest BCUT2D eigenvalue weighted by molar-refractivity contribution is -0.141. The van der Waals surface area contributed by atoms with Gasteiger partial charge in [-0.2, -0.15) is 0 Å². The van der Waals surface area contributed by atoms with E-state index in [4.69, 9.17) is 4.74 Å². The summed E-state index contributed by atoms with van der Waals surface area (Å²) in [5, 5.41) is 0. The van der Waals surface area contributed by atoms with E-state index in [-0.39, 0.29) is 5.97 Å². The van der Waals surface area contributed by atoms with Gasteiger partial charge in [0, 0.05) is 6.92 Å². The predicted octanol–water partition coefficient (Wildman–Crippen LogP) is 4.51. The van der Waals surface area contributed by atoms with E-state index in [9.17, 15) is 4.79 Å². The summed E-state index contributed by atoms with van der Waals surface area (Å²) < 4.78 is 4.96. The molecule has 104 valence electrons. The van der Waals surface area contributed by atoms with E-state index in [0.29, 0.717) is 18.4 Å². The smallest absolute Gasteiger partial charge is 0.302 e. The molecule has 2 atom stereocenters. The van der Waals surface area contributed by atoms with Crippen molar-refractivity contribution in [3.8, 4) is 0 Å². The summed E-state index contributed by atoms with van der Waals surface area (Å²) >= 11 is 0. The second-order valence-corrected chi connectivity index (χ2v) is 5.22. The molecule has 0 spiro atoms. The Morgan fingerprint density at radius 3 is 2.39 bits per heavy atom. The first kappa shape index (κ1) is 16.9. The van der Waals surface area contributed by atoms with Gasteiger partial charge in [-0.3, -0.25) is 4.79 Å². The van der Waals surface area contributed by atoms with Gasteiger partial charge in [0.1, 0.15) is 0 Å². The number of carbonyl (C=O) groups is 1. The van der Waals surface area contributed by atoms with Crippen molar-refractivity contribution in [2.24, 2.45) is 11.8 Å². The van der Waals surface area contributed by atoms with Gasteiger partial charge in [-0.15, -0.1) is 6.58 Å². The Kier molecular flexibility index (Phi) is 9.35. The summed E-state index contributed by atoms with van der Waals surface area (Å²) in [4.78, 5) is 10.7. The summed E-state index contributed by atoms with van der Waals surface area (Å²) in [6.07, 6.45) is 7.46. The van der Waals surface area contributed by atoms with Crippen molar-refractivity contribution in [2.75, 3.05) is 6.61 Å². The van der Waals surface area contributed by atoms with E-state index in [0.717, 1.165) is 25.7 Å². The predicted molar refractivity (Wildman–Crippen MR) is 77.4 cm³/mol. The van der Waals surface area contributed by atoms with Crippen molar-refractivity contribution in [3.05, 3.63) is 24.8 Å². The molecule has 0 bridgehead atoms. The Labute approximate surface area is 112 Å². The molecule has 0 heterocycles. The fraction of sp³-hybridized carbons (Fsp3) is 0.688. The van der Waals surface area contributed by atoms with Gasteiger partial charge in [-0.05, 0) is 44.4 Å². The normalized spacial score (nSPS) is 13.7. The number of rotatable bonds is 10. The second-order valence-electron chi connectivity index (χ2n) is 5.22. The molecule has 0 aromatic carbocycles. The average Bonchev–Trinajstić information content (AvgIpc) is 2.28. The van der Waals surface area contributed by atoms with Crippen LogP contribution in [-0.4, -0.2) is 12.6 Å². The standard InChI is InChI=1S/C16H28O2/c1-6-7-8-16(13(2)3)10-9-14(4)11-12-18-15(5)17/h6,14,16H,1-2,7-12H2,3-5H3/t14?,16-/m0/s1. The van der Waals surface area contributed by atoms with Crippen LogP contribution in [0.1, 0.15) is 52.9 Å². The second kappa shape index (κ2) is 9.93. The van der Waals surface area contributed by atoms with Gasteiger partial charge in [0.2, 0.25) is 0 Å². The Bertz CT molecular complexity index is 268. The first-order valence-electron chi connectivity index (χ1n) is 6.87. The Balaban J connectivity index is 3.84. The zero-order valence-corrected chi connectivity index (χ0v) is 12.2. The van der Waals surface area contributed by atoms with Gasteiger partial charge in [-0.25, -0.2) is 0 Å². The number of ether oxygens (including phenoxy) is 1. The third-order valence-corrected chi connectivity index (χ3v) is 3.34. The van der Waals surface area contributed by atoms with Gasteiger partial charge in [0.05, 0.1) is 6.61 Å². The minimum atomic E-state index is -0.187. The van der Waals surface area contributed by atoms with Crippen LogP contribution in [0.5, 0.6) is 0 Å². The fourth-order valence-electron chi connectivity index (χ4n) is 1.99. The number of carbonyl (C=O) groups excluding carboxylic acids is 1. The zero-order valence-electron chi connectivity index (χ0n) is 12.2. The van der Waals surface area contributed by atoms with Crippen LogP contribution in [0, 0.1) is 11.8 Å². The summed E-state index contributed by atoms with van der Waals surface area (Å²) in [5.74, 6) is 1.00. The molecular formula is C16H28O2. The van der Waals surface area contributed by atoms with Crippen LogP contribution >= 0.6 is 0 Å². The van der Waals surface area contributed by atoms with Crippen molar-refractivity contribution >= 4 is 5.97 Å². The molecule has 0 aromatic rings. The topological polar surface area (TPSA) is 26.3 Å². The Morgan fingerprint density at radius 1 is 1.22 bits per heavy atom. The highest BCUT2D eigenvalue weighted by atomic mass is 16.5. The highest BCUT2D eigenvalue weighted by molar-refractivity contribution is 5.65. The molecule has 18 heavy (non-hydrogen) atoms. The number of esters is 1. The minimum absolute atomic E-state index is 0.187. The van der Waals surface area contributed by atoms with Gasteiger partial charge in [0.15, 0.2) is 0 Å². The van der Waals surface area contributed by atoms with Crippen LogP contribution < -0.4 is 0 Å². The van der Waals surface area contributed by atoms with E-state index >= 15 is 0 Å². The maximum Gasteiger partial charge on any atom is 0.302 e. The van der Waals surface area contributed by atoms with Gasteiger partial charge in [0.25, 0.3) is 0 Å². The maximum atomic E-state index is 10.7. The fourth-order valence-corrected chi connectivity index (χ4v) is 1.99. The largest absolute Gasteiger partial charge is 0.466 e. The van der Waals surface area contributed by atoms with Crippen molar-refractivity contribution in [1.82, 2.24) is 0 Å². The van der Waals surface area contributed by atoms with Crippen molar-refractivity contribution < 1.29 is 9.53 Å². The molecule has 2 heteroatoms. The highest BCUT2D eigenvalue weighted by Crippen LogP contribution is 2.24. The molecule has 1 unspecified atom stereocenters. The highest BCUT2D eigenvalue weighted by Gasteiger charge is 2.11. The van der Waals surface area contributed by atoms with Gasteiger partial charge >= 0.3 is 5.97 Å². The van der Waals surface area contributed by atoms with E-state index in [1.807, 2.05) is 6.08 Å². The first-order chi connectivity index (χ1) is 8.47. The molecule has 0 amide bonds. The lowest BCUT2D eigenvalue weighted by Crippen LogP contribution is -2.08. The van der Waals surface area contributed by atoms with Crippen LogP contribution in [0.4, 0.5) is 0 Å². The molecule has 0 fully saturated rings. The first-order valence-corrected chi connectivity index (χ1v) is 6.87.